The standard InChI is InChI=1S/C27H26N4O2/c1-19-8-7-9-22(16-19)25-24(18-31(29-25)23-10-5-4-6-11-23)27(33)30(3)17-20-12-14-21(15-13-20)26(32)28-2/h4-16,18H,17H2,1-3H3,(H,28,32). The van der Waals surface area contributed by atoms with Gasteiger partial charge in [-0.3, -0.25) is 9.59 Å². The minimum atomic E-state index is -0.137. The second kappa shape index (κ2) is 9.53. The van der Waals surface area contributed by atoms with E-state index < -0.39 is 0 Å². The molecule has 0 spiro atoms. The van der Waals surface area contributed by atoms with E-state index in [2.05, 4.69) is 5.32 Å². The SMILES string of the molecule is CNC(=O)c1ccc(CN(C)C(=O)c2cn(-c3ccccc3)nc2-c2cccc(C)c2)cc1. The van der Waals surface area contributed by atoms with Crippen molar-refractivity contribution in [2.24, 2.45) is 0 Å². The molecule has 6 heteroatoms. The van der Waals surface area contributed by atoms with Gasteiger partial charge in [0.15, 0.2) is 0 Å². The van der Waals surface area contributed by atoms with Gasteiger partial charge in [-0.1, -0.05) is 54.1 Å². The number of carbonyl (C=O) groups is 2. The molecule has 33 heavy (non-hydrogen) atoms. The molecule has 1 N–H and O–H groups in total. The quantitative estimate of drug-likeness (QED) is 0.483. The van der Waals surface area contributed by atoms with Gasteiger partial charge in [0.25, 0.3) is 11.8 Å². The smallest absolute Gasteiger partial charge is 0.257 e. The van der Waals surface area contributed by atoms with Crippen molar-refractivity contribution in [2.75, 3.05) is 14.1 Å². The number of nitrogens with one attached hydrogen (secondary N) is 1. The Labute approximate surface area is 193 Å². The molecule has 1 aromatic heterocycles. The molecule has 0 saturated carbocycles. The number of benzene rings is 3. The summed E-state index contributed by atoms with van der Waals surface area (Å²) in [4.78, 5) is 26.9. The topological polar surface area (TPSA) is 67.2 Å². The molecule has 6 nitrogen and oxygen atoms in total. The van der Waals surface area contributed by atoms with Crippen LogP contribution in [0.4, 0.5) is 0 Å². The number of para-hydroxylation sites is 1. The maximum absolute atomic E-state index is 13.5. The van der Waals surface area contributed by atoms with Gasteiger partial charge in [-0.2, -0.15) is 5.10 Å². The summed E-state index contributed by atoms with van der Waals surface area (Å²) in [6.45, 7) is 2.43. The summed E-state index contributed by atoms with van der Waals surface area (Å²) in [5.41, 5.74) is 5.59. The van der Waals surface area contributed by atoms with Crippen LogP contribution in [0.5, 0.6) is 0 Å². The highest BCUT2D eigenvalue weighted by atomic mass is 16.2. The fourth-order valence-electron chi connectivity index (χ4n) is 3.71. The van der Waals surface area contributed by atoms with Crippen molar-refractivity contribution < 1.29 is 9.59 Å². The number of aromatic nitrogens is 2. The molecule has 0 aliphatic rings. The highest BCUT2D eigenvalue weighted by Gasteiger charge is 2.22. The third-order valence-electron chi connectivity index (χ3n) is 5.47. The molecule has 4 aromatic rings. The van der Waals surface area contributed by atoms with Gasteiger partial charge in [-0.05, 0) is 42.8 Å². The van der Waals surface area contributed by atoms with Gasteiger partial charge in [0.05, 0.1) is 11.3 Å². The van der Waals surface area contributed by atoms with Crippen molar-refractivity contribution in [1.29, 1.82) is 0 Å². The van der Waals surface area contributed by atoms with E-state index in [-0.39, 0.29) is 11.8 Å². The molecule has 0 unspecified atom stereocenters. The lowest BCUT2D eigenvalue weighted by atomic mass is 10.0. The molecular formula is C27H26N4O2. The van der Waals surface area contributed by atoms with E-state index in [1.807, 2.05) is 73.7 Å². The lowest BCUT2D eigenvalue weighted by Gasteiger charge is -2.17. The van der Waals surface area contributed by atoms with Gasteiger partial charge in [-0.25, -0.2) is 4.68 Å². The van der Waals surface area contributed by atoms with Gasteiger partial charge in [0.1, 0.15) is 5.69 Å². The molecule has 3 aromatic carbocycles. The highest BCUT2D eigenvalue weighted by Crippen LogP contribution is 2.26. The Morgan fingerprint density at radius 3 is 2.36 bits per heavy atom. The lowest BCUT2D eigenvalue weighted by Crippen LogP contribution is -2.26. The molecule has 4 rings (SSSR count). The second-order valence-electron chi connectivity index (χ2n) is 7.98. The van der Waals surface area contributed by atoms with Crippen molar-refractivity contribution in [3.63, 3.8) is 0 Å². The van der Waals surface area contributed by atoms with E-state index in [1.54, 1.807) is 42.0 Å². The zero-order valence-electron chi connectivity index (χ0n) is 18.9. The van der Waals surface area contributed by atoms with Crippen LogP contribution in [0.25, 0.3) is 16.9 Å². The first-order valence-electron chi connectivity index (χ1n) is 10.7. The molecule has 0 bridgehead atoms. The van der Waals surface area contributed by atoms with Gasteiger partial charge < -0.3 is 10.2 Å². The molecule has 2 amide bonds. The summed E-state index contributed by atoms with van der Waals surface area (Å²) in [6, 6.07) is 25.0. The third kappa shape index (κ3) is 4.85. The predicted molar refractivity (Wildman–Crippen MR) is 129 cm³/mol. The van der Waals surface area contributed by atoms with Crippen LogP contribution in [-0.2, 0) is 6.54 Å². The van der Waals surface area contributed by atoms with E-state index in [4.69, 9.17) is 5.10 Å². The molecule has 0 radical (unpaired) electrons. The predicted octanol–water partition coefficient (Wildman–Crippen LogP) is 4.48. The van der Waals surface area contributed by atoms with E-state index >= 15 is 0 Å². The van der Waals surface area contributed by atoms with Crippen LogP contribution in [0.3, 0.4) is 0 Å². The monoisotopic (exact) mass is 438 g/mol. The molecule has 166 valence electrons. The van der Waals surface area contributed by atoms with Crippen molar-refractivity contribution in [3.05, 3.63) is 107 Å². The maximum Gasteiger partial charge on any atom is 0.257 e. The average Bonchev–Trinajstić information content (AvgIpc) is 3.29. The molecule has 0 atom stereocenters. The highest BCUT2D eigenvalue weighted by molar-refractivity contribution is 6.00. The Bertz CT molecular complexity index is 1280. The van der Waals surface area contributed by atoms with E-state index in [1.165, 1.54) is 0 Å². The first kappa shape index (κ1) is 22.0. The minimum absolute atomic E-state index is 0.121. The van der Waals surface area contributed by atoms with Crippen LogP contribution in [-0.4, -0.2) is 40.6 Å². The zero-order valence-corrected chi connectivity index (χ0v) is 18.9. The molecular weight excluding hydrogens is 412 g/mol. The Balaban J connectivity index is 1.65. The van der Waals surface area contributed by atoms with Gasteiger partial charge in [0.2, 0.25) is 0 Å². The molecule has 0 saturated heterocycles. The number of amides is 2. The van der Waals surface area contributed by atoms with Crippen molar-refractivity contribution in [2.45, 2.75) is 13.5 Å². The molecule has 0 aliphatic heterocycles. The van der Waals surface area contributed by atoms with E-state index in [0.29, 0.717) is 23.4 Å². The summed E-state index contributed by atoms with van der Waals surface area (Å²) < 4.78 is 1.75. The number of carbonyl (C=O) groups excluding carboxylic acids is 2. The summed E-state index contributed by atoms with van der Waals surface area (Å²) >= 11 is 0. The Morgan fingerprint density at radius 2 is 1.70 bits per heavy atom. The normalized spacial score (nSPS) is 10.6. The minimum Gasteiger partial charge on any atom is -0.355 e. The van der Waals surface area contributed by atoms with Crippen LogP contribution in [0, 0.1) is 6.92 Å². The lowest BCUT2D eigenvalue weighted by molar-refractivity contribution is 0.0785. The van der Waals surface area contributed by atoms with Crippen LogP contribution >= 0.6 is 0 Å². The van der Waals surface area contributed by atoms with E-state index in [0.717, 1.165) is 22.4 Å². The van der Waals surface area contributed by atoms with Crippen molar-refractivity contribution in [3.8, 4) is 16.9 Å². The van der Waals surface area contributed by atoms with Gasteiger partial charge in [-0.15, -0.1) is 0 Å². The maximum atomic E-state index is 13.5. The van der Waals surface area contributed by atoms with Crippen LogP contribution in [0.15, 0.2) is 85.1 Å². The largest absolute Gasteiger partial charge is 0.355 e. The fourth-order valence-corrected chi connectivity index (χ4v) is 3.71. The fraction of sp³-hybridized carbons (Fsp3) is 0.148. The number of nitrogens with zero attached hydrogens (tertiary/aromatic N) is 3. The van der Waals surface area contributed by atoms with Gasteiger partial charge >= 0.3 is 0 Å². The molecule has 1 heterocycles. The summed E-state index contributed by atoms with van der Waals surface area (Å²) in [5, 5.41) is 7.38. The summed E-state index contributed by atoms with van der Waals surface area (Å²) in [5.74, 6) is -0.258. The molecule has 0 fully saturated rings. The number of rotatable bonds is 6. The Morgan fingerprint density at radius 1 is 0.970 bits per heavy atom. The van der Waals surface area contributed by atoms with Crippen LogP contribution in [0.1, 0.15) is 31.8 Å². The first-order valence-corrected chi connectivity index (χ1v) is 10.7. The van der Waals surface area contributed by atoms with Gasteiger partial charge in [0, 0.05) is 38.0 Å². The van der Waals surface area contributed by atoms with E-state index in [9.17, 15) is 9.59 Å². The number of aryl methyl sites for hydroxylation is 1. The average molecular weight is 439 g/mol. The second-order valence-corrected chi connectivity index (χ2v) is 7.98. The Kier molecular flexibility index (Phi) is 6.36. The molecule has 0 aliphatic carbocycles. The first-order chi connectivity index (χ1) is 16.0. The van der Waals surface area contributed by atoms with Crippen molar-refractivity contribution >= 4 is 11.8 Å². The van der Waals surface area contributed by atoms with Crippen LogP contribution in [0.2, 0.25) is 0 Å². The summed E-state index contributed by atoms with van der Waals surface area (Å²) in [7, 11) is 3.37. The third-order valence-corrected chi connectivity index (χ3v) is 5.47. The number of hydrogen-bond acceptors (Lipinski definition) is 3. The number of hydrogen-bond donors (Lipinski definition) is 1. The van der Waals surface area contributed by atoms with Crippen molar-refractivity contribution in [1.82, 2.24) is 20.0 Å². The Hall–Kier alpha value is -4.19. The summed E-state index contributed by atoms with van der Waals surface area (Å²) in [6.07, 6.45) is 1.79. The van der Waals surface area contributed by atoms with Crippen LogP contribution < -0.4 is 5.32 Å². The zero-order chi connectivity index (χ0) is 23.4.